The van der Waals surface area contributed by atoms with Crippen LogP contribution in [0.25, 0.3) is 0 Å². The number of halogens is 2. The highest BCUT2D eigenvalue weighted by Gasteiger charge is 2.16. The minimum absolute atomic E-state index is 0.00728. The topological polar surface area (TPSA) is 29.5 Å². The zero-order chi connectivity index (χ0) is 16.1. The second kappa shape index (κ2) is 7.02. The molecule has 1 amide bonds. The lowest BCUT2D eigenvalue weighted by molar-refractivity contribution is 0.0751. The SMILES string of the molecule is CCN(Cc1ccc(OC)cc1)C(=O)c1cc(F)cc(F)c1. The van der Waals surface area contributed by atoms with Gasteiger partial charge in [0.2, 0.25) is 0 Å². The summed E-state index contributed by atoms with van der Waals surface area (Å²) in [4.78, 5) is 13.9. The first-order valence-electron chi connectivity index (χ1n) is 6.91. The third-order valence-corrected chi connectivity index (χ3v) is 3.31. The van der Waals surface area contributed by atoms with Crippen molar-refractivity contribution in [2.75, 3.05) is 13.7 Å². The summed E-state index contributed by atoms with van der Waals surface area (Å²) < 4.78 is 31.6. The predicted octanol–water partition coefficient (Wildman–Crippen LogP) is 3.64. The molecule has 0 atom stereocenters. The maximum atomic E-state index is 13.2. The number of amides is 1. The van der Waals surface area contributed by atoms with E-state index in [1.165, 1.54) is 4.90 Å². The molecule has 0 N–H and O–H groups in total. The van der Waals surface area contributed by atoms with E-state index in [2.05, 4.69) is 0 Å². The van der Waals surface area contributed by atoms with Gasteiger partial charge in [0.1, 0.15) is 17.4 Å². The van der Waals surface area contributed by atoms with Gasteiger partial charge in [-0.05, 0) is 36.8 Å². The molecule has 0 bridgehead atoms. The fraction of sp³-hybridized carbons (Fsp3) is 0.235. The Balaban J connectivity index is 2.17. The molecule has 3 nitrogen and oxygen atoms in total. The lowest BCUT2D eigenvalue weighted by atomic mass is 10.1. The summed E-state index contributed by atoms with van der Waals surface area (Å²) in [7, 11) is 1.58. The third-order valence-electron chi connectivity index (χ3n) is 3.31. The van der Waals surface area contributed by atoms with Gasteiger partial charge in [-0.25, -0.2) is 8.78 Å². The van der Waals surface area contributed by atoms with Crippen molar-refractivity contribution in [1.29, 1.82) is 0 Å². The smallest absolute Gasteiger partial charge is 0.254 e. The van der Waals surface area contributed by atoms with Crippen LogP contribution >= 0.6 is 0 Å². The average molecular weight is 305 g/mol. The first kappa shape index (κ1) is 15.9. The molecule has 22 heavy (non-hydrogen) atoms. The van der Waals surface area contributed by atoms with Gasteiger partial charge in [-0.15, -0.1) is 0 Å². The van der Waals surface area contributed by atoms with Gasteiger partial charge in [-0.1, -0.05) is 12.1 Å². The molecule has 0 spiro atoms. The summed E-state index contributed by atoms with van der Waals surface area (Å²) in [5.41, 5.74) is 0.917. The van der Waals surface area contributed by atoms with Crippen molar-refractivity contribution in [3.05, 3.63) is 65.2 Å². The Hall–Kier alpha value is -2.43. The van der Waals surface area contributed by atoms with Gasteiger partial charge in [-0.3, -0.25) is 4.79 Å². The summed E-state index contributed by atoms with van der Waals surface area (Å²) in [6.07, 6.45) is 0. The minimum Gasteiger partial charge on any atom is -0.497 e. The molecule has 0 aliphatic rings. The van der Waals surface area contributed by atoms with Crippen molar-refractivity contribution in [3.8, 4) is 5.75 Å². The third kappa shape index (κ3) is 3.81. The van der Waals surface area contributed by atoms with E-state index in [0.717, 1.165) is 29.5 Å². The van der Waals surface area contributed by atoms with Gasteiger partial charge >= 0.3 is 0 Å². The van der Waals surface area contributed by atoms with E-state index in [9.17, 15) is 13.6 Å². The lowest BCUT2D eigenvalue weighted by Gasteiger charge is -2.21. The average Bonchev–Trinajstić information content (AvgIpc) is 2.51. The van der Waals surface area contributed by atoms with Crippen molar-refractivity contribution in [1.82, 2.24) is 4.90 Å². The molecule has 0 aromatic heterocycles. The Kier molecular flexibility index (Phi) is 5.09. The number of hydrogen-bond donors (Lipinski definition) is 0. The highest BCUT2D eigenvalue weighted by molar-refractivity contribution is 5.94. The second-order valence-electron chi connectivity index (χ2n) is 4.83. The van der Waals surface area contributed by atoms with Crippen molar-refractivity contribution >= 4 is 5.91 Å². The van der Waals surface area contributed by atoms with Gasteiger partial charge in [0.25, 0.3) is 5.91 Å². The monoisotopic (exact) mass is 305 g/mol. The Morgan fingerprint density at radius 1 is 1.09 bits per heavy atom. The second-order valence-corrected chi connectivity index (χ2v) is 4.83. The number of rotatable bonds is 5. The first-order chi connectivity index (χ1) is 10.5. The van der Waals surface area contributed by atoms with Crippen LogP contribution in [0.5, 0.6) is 5.75 Å². The summed E-state index contributed by atoms with van der Waals surface area (Å²) in [6.45, 7) is 2.61. The van der Waals surface area contributed by atoms with Gasteiger partial charge < -0.3 is 9.64 Å². The van der Waals surface area contributed by atoms with E-state index in [1.807, 2.05) is 19.1 Å². The van der Waals surface area contributed by atoms with E-state index in [-0.39, 0.29) is 5.56 Å². The summed E-state index contributed by atoms with van der Waals surface area (Å²) >= 11 is 0. The molecule has 116 valence electrons. The Morgan fingerprint density at radius 2 is 1.68 bits per heavy atom. The summed E-state index contributed by atoms with van der Waals surface area (Å²) in [5.74, 6) is -1.20. The number of benzene rings is 2. The Labute approximate surface area is 128 Å². The van der Waals surface area contributed by atoms with Gasteiger partial charge in [0, 0.05) is 24.7 Å². The molecule has 0 radical (unpaired) electrons. The minimum atomic E-state index is -0.760. The molecule has 0 saturated carbocycles. The van der Waals surface area contributed by atoms with E-state index in [0.29, 0.717) is 13.1 Å². The molecular formula is C17H17F2NO2. The van der Waals surface area contributed by atoms with Crippen LogP contribution in [-0.4, -0.2) is 24.5 Å². The highest BCUT2D eigenvalue weighted by atomic mass is 19.1. The van der Waals surface area contributed by atoms with Crippen molar-refractivity contribution in [2.24, 2.45) is 0 Å². The fourth-order valence-corrected chi connectivity index (χ4v) is 2.14. The molecule has 2 rings (SSSR count). The number of hydrogen-bond acceptors (Lipinski definition) is 2. The standard InChI is InChI=1S/C17H17F2NO2/c1-3-20(11-12-4-6-16(22-2)7-5-12)17(21)13-8-14(18)10-15(19)9-13/h4-10H,3,11H2,1-2H3. The summed E-state index contributed by atoms with van der Waals surface area (Å²) in [6, 6.07) is 10.1. The number of methoxy groups -OCH3 is 1. The number of carbonyl (C=O) groups is 1. The largest absolute Gasteiger partial charge is 0.497 e. The van der Waals surface area contributed by atoms with E-state index >= 15 is 0 Å². The highest BCUT2D eigenvalue weighted by Crippen LogP contribution is 2.16. The molecule has 0 unspecified atom stereocenters. The fourth-order valence-electron chi connectivity index (χ4n) is 2.14. The van der Waals surface area contributed by atoms with Crippen LogP contribution in [0.1, 0.15) is 22.8 Å². The van der Waals surface area contributed by atoms with Crippen LogP contribution in [0.2, 0.25) is 0 Å². The first-order valence-corrected chi connectivity index (χ1v) is 6.91. The van der Waals surface area contributed by atoms with Crippen LogP contribution < -0.4 is 4.74 Å². The molecule has 0 fully saturated rings. The molecular weight excluding hydrogens is 288 g/mol. The molecule has 0 heterocycles. The van der Waals surface area contributed by atoms with E-state index < -0.39 is 17.5 Å². The van der Waals surface area contributed by atoms with Crippen LogP contribution in [-0.2, 0) is 6.54 Å². The van der Waals surface area contributed by atoms with Crippen LogP contribution in [0.4, 0.5) is 8.78 Å². The zero-order valence-corrected chi connectivity index (χ0v) is 12.5. The predicted molar refractivity (Wildman–Crippen MR) is 79.8 cm³/mol. The maximum absolute atomic E-state index is 13.2. The van der Waals surface area contributed by atoms with Crippen molar-refractivity contribution < 1.29 is 18.3 Å². The molecule has 2 aromatic rings. The molecule has 0 saturated heterocycles. The molecule has 0 aliphatic heterocycles. The molecule has 2 aromatic carbocycles. The van der Waals surface area contributed by atoms with Gasteiger partial charge in [0.15, 0.2) is 0 Å². The number of carbonyl (C=O) groups excluding carboxylic acids is 1. The number of ether oxygens (including phenoxy) is 1. The van der Waals surface area contributed by atoms with Crippen LogP contribution in [0, 0.1) is 11.6 Å². The lowest BCUT2D eigenvalue weighted by Crippen LogP contribution is -2.30. The van der Waals surface area contributed by atoms with Crippen molar-refractivity contribution in [2.45, 2.75) is 13.5 Å². The summed E-state index contributed by atoms with van der Waals surface area (Å²) in [5, 5.41) is 0. The Morgan fingerprint density at radius 3 is 2.18 bits per heavy atom. The van der Waals surface area contributed by atoms with Gasteiger partial charge in [0.05, 0.1) is 7.11 Å². The normalized spacial score (nSPS) is 10.4. The molecule has 5 heteroatoms. The van der Waals surface area contributed by atoms with E-state index in [1.54, 1.807) is 19.2 Å². The van der Waals surface area contributed by atoms with Crippen molar-refractivity contribution in [3.63, 3.8) is 0 Å². The van der Waals surface area contributed by atoms with Crippen LogP contribution in [0.3, 0.4) is 0 Å². The quantitative estimate of drug-likeness (QED) is 0.844. The van der Waals surface area contributed by atoms with E-state index in [4.69, 9.17) is 4.74 Å². The van der Waals surface area contributed by atoms with Gasteiger partial charge in [-0.2, -0.15) is 0 Å². The zero-order valence-electron chi connectivity index (χ0n) is 12.5. The van der Waals surface area contributed by atoms with Crippen LogP contribution in [0.15, 0.2) is 42.5 Å². The Bertz CT molecular complexity index is 636. The number of nitrogens with zero attached hydrogens (tertiary/aromatic N) is 1. The molecule has 0 aliphatic carbocycles. The maximum Gasteiger partial charge on any atom is 0.254 e.